The van der Waals surface area contributed by atoms with Gasteiger partial charge in [-0.25, -0.2) is 0 Å². The molecular formula is C21H23ClN2O3. The molecule has 27 heavy (non-hydrogen) atoms. The molecule has 1 heterocycles. The normalized spacial score (nSPS) is 13.1. The molecule has 2 aromatic carbocycles. The first kappa shape index (κ1) is 19.2. The molecule has 0 unspecified atom stereocenters. The average molecular weight is 387 g/mol. The van der Waals surface area contributed by atoms with Crippen LogP contribution in [-0.4, -0.2) is 25.5 Å². The summed E-state index contributed by atoms with van der Waals surface area (Å²) in [6, 6.07) is 9.19. The lowest BCUT2D eigenvalue weighted by atomic mass is 9.95. The quantitative estimate of drug-likeness (QED) is 0.859. The molecule has 0 aromatic heterocycles. The second-order valence-corrected chi connectivity index (χ2v) is 7.13. The van der Waals surface area contributed by atoms with Gasteiger partial charge in [-0.15, -0.1) is 0 Å². The van der Waals surface area contributed by atoms with Crippen LogP contribution in [0.4, 0.5) is 11.4 Å². The fraction of sp³-hybridized carbons (Fsp3) is 0.333. The Bertz CT molecular complexity index is 895. The van der Waals surface area contributed by atoms with E-state index in [9.17, 15) is 9.59 Å². The highest BCUT2D eigenvalue weighted by Gasteiger charge is 2.27. The molecule has 142 valence electrons. The van der Waals surface area contributed by atoms with Crippen molar-refractivity contribution in [2.24, 2.45) is 0 Å². The third-order valence-electron chi connectivity index (χ3n) is 4.78. The van der Waals surface area contributed by atoms with Gasteiger partial charge in [0.25, 0.3) is 0 Å². The largest absolute Gasteiger partial charge is 0.497 e. The number of carbonyl (C=O) groups is 2. The first-order chi connectivity index (χ1) is 12.9. The Labute approximate surface area is 164 Å². The number of benzene rings is 2. The SMILES string of the molecule is COc1ccc(CC(=O)N2CCCc3c(NC(C)=O)ccc(C)c32)c(Cl)c1. The van der Waals surface area contributed by atoms with Crippen molar-refractivity contribution in [3.63, 3.8) is 0 Å². The van der Waals surface area contributed by atoms with Crippen LogP contribution in [0.15, 0.2) is 30.3 Å². The number of halogens is 1. The lowest BCUT2D eigenvalue weighted by Gasteiger charge is -2.32. The summed E-state index contributed by atoms with van der Waals surface area (Å²) >= 11 is 6.31. The van der Waals surface area contributed by atoms with E-state index in [2.05, 4.69) is 5.32 Å². The van der Waals surface area contributed by atoms with Gasteiger partial charge in [-0.3, -0.25) is 9.59 Å². The van der Waals surface area contributed by atoms with Crippen LogP contribution in [0.1, 0.15) is 30.0 Å². The van der Waals surface area contributed by atoms with Gasteiger partial charge in [0, 0.05) is 24.2 Å². The Balaban J connectivity index is 1.91. The molecule has 2 amide bonds. The first-order valence-electron chi connectivity index (χ1n) is 8.93. The summed E-state index contributed by atoms with van der Waals surface area (Å²) in [5.74, 6) is 0.538. The maximum atomic E-state index is 13.1. The minimum absolute atomic E-state index is 0.00825. The Hall–Kier alpha value is -2.53. The number of hydrogen-bond acceptors (Lipinski definition) is 3. The van der Waals surface area contributed by atoms with Crippen LogP contribution < -0.4 is 15.0 Å². The van der Waals surface area contributed by atoms with E-state index in [1.165, 1.54) is 6.92 Å². The van der Waals surface area contributed by atoms with Gasteiger partial charge in [0.2, 0.25) is 11.8 Å². The molecule has 0 saturated carbocycles. The zero-order valence-electron chi connectivity index (χ0n) is 15.8. The molecule has 1 N–H and O–H groups in total. The van der Waals surface area contributed by atoms with Gasteiger partial charge in [-0.1, -0.05) is 23.7 Å². The number of rotatable bonds is 4. The number of ether oxygens (including phenoxy) is 1. The van der Waals surface area contributed by atoms with Gasteiger partial charge in [-0.05, 0) is 54.7 Å². The molecule has 0 bridgehead atoms. The predicted molar refractivity (Wildman–Crippen MR) is 108 cm³/mol. The van der Waals surface area contributed by atoms with Crippen LogP contribution in [0.2, 0.25) is 5.02 Å². The lowest BCUT2D eigenvalue weighted by molar-refractivity contribution is -0.118. The molecule has 3 rings (SSSR count). The fourth-order valence-corrected chi connectivity index (χ4v) is 3.76. The summed E-state index contributed by atoms with van der Waals surface area (Å²) < 4.78 is 5.16. The van der Waals surface area contributed by atoms with E-state index in [0.29, 0.717) is 17.3 Å². The van der Waals surface area contributed by atoms with Crippen LogP contribution in [0.3, 0.4) is 0 Å². The molecule has 0 spiro atoms. The first-order valence-corrected chi connectivity index (χ1v) is 9.31. The molecular weight excluding hydrogens is 364 g/mol. The minimum atomic E-state index is -0.116. The standard InChI is InChI=1S/C21H23ClN2O3/c1-13-6-9-19(23-14(2)25)17-5-4-10-24(21(13)17)20(26)11-15-7-8-16(27-3)12-18(15)22/h6-9,12H,4-5,10-11H2,1-3H3,(H,23,25). The number of nitrogens with zero attached hydrogens (tertiary/aromatic N) is 1. The Morgan fingerprint density at radius 3 is 2.70 bits per heavy atom. The molecule has 6 heteroatoms. The molecule has 0 saturated heterocycles. The number of nitrogens with one attached hydrogen (secondary N) is 1. The number of aryl methyl sites for hydroxylation is 1. The molecule has 1 aliphatic heterocycles. The van der Waals surface area contributed by atoms with E-state index in [0.717, 1.165) is 40.9 Å². The summed E-state index contributed by atoms with van der Waals surface area (Å²) in [5, 5.41) is 3.40. The zero-order chi connectivity index (χ0) is 19.6. The van der Waals surface area contributed by atoms with Crippen LogP contribution in [0.25, 0.3) is 0 Å². The molecule has 0 fully saturated rings. The second-order valence-electron chi connectivity index (χ2n) is 6.72. The molecule has 0 atom stereocenters. The summed E-state index contributed by atoms with van der Waals surface area (Å²) in [5.41, 5.74) is 4.49. The van der Waals surface area contributed by atoms with Gasteiger partial charge in [-0.2, -0.15) is 0 Å². The number of carbonyl (C=O) groups excluding carboxylic acids is 2. The fourth-order valence-electron chi connectivity index (χ4n) is 3.52. The number of fused-ring (bicyclic) bond motifs is 1. The minimum Gasteiger partial charge on any atom is -0.497 e. The predicted octanol–water partition coefficient (Wildman–Crippen LogP) is 4.14. The summed E-state index contributed by atoms with van der Waals surface area (Å²) in [6.45, 7) is 4.13. The number of amides is 2. The third-order valence-corrected chi connectivity index (χ3v) is 5.13. The molecule has 2 aromatic rings. The van der Waals surface area contributed by atoms with E-state index in [-0.39, 0.29) is 18.2 Å². The third kappa shape index (κ3) is 4.08. The van der Waals surface area contributed by atoms with Crippen LogP contribution in [0, 0.1) is 6.92 Å². The van der Waals surface area contributed by atoms with Crippen molar-refractivity contribution in [3.8, 4) is 5.75 Å². The van der Waals surface area contributed by atoms with Crippen molar-refractivity contribution in [2.75, 3.05) is 23.9 Å². The van der Waals surface area contributed by atoms with Crippen molar-refractivity contribution >= 4 is 34.8 Å². The average Bonchev–Trinajstić information content (AvgIpc) is 2.65. The van der Waals surface area contributed by atoms with Crippen LogP contribution in [-0.2, 0) is 22.4 Å². The number of hydrogen-bond donors (Lipinski definition) is 1. The summed E-state index contributed by atoms with van der Waals surface area (Å²) in [4.78, 5) is 26.4. The van der Waals surface area contributed by atoms with Crippen LogP contribution in [0.5, 0.6) is 5.75 Å². The van der Waals surface area contributed by atoms with Crippen molar-refractivity contribution < 1.29 is 14.3 Å². The zero-order valence-corrected chi connectivity index (χ0v) is 16.5. The Kier molecular flexibility index (Phi) is 5.71. The van der Waals surface area contributed by atoms with Crippen molar-refractivity contribution in [1.82, 2.24) is 0 Å². The topological polar surface area (TPSA) is 58.6 Å². The maximum Gasteiger partial charge on any atom is 0.231 e. The highest BCUT2D eigenvalue weighted by Crippen LogP contribution is 2.36. The van der Waals surface area contributed by atoms with Crippen molar-refractivity contribution in [2.45, 2.75) is 33.1 Å². The highest BCUT2D eigenvalue weighted by atomic mass is 35.5. The van der Waals surface area contributed by atoms with E-state index >= 15 is 0 Å². The second kappa shape index (κ2) is 8.01. The van der Waals surface area contributed by atoms with Crippen LogP contribution >= 0.6 is 11.6 Å². The van der Waals surface area contributed by atoms with Gasteiger partial charge >= 0.3 is 0 Å². The van der Waals surface area contributed by atoms with E-state index in [4.69, 9.17) is 16.3 Å². The molecule has 0 aliphatic carbocycles. The monoisotopic (exact) mass is 386 g/mol. The summed E-state index contributed by atoms with van der Waals surface area (Å²) in [7, 11) is 1.58. The van der Waals surface area contributed by atoms with Gasteiger partial charge in [0.15, 0.2) is 0 Å². The molecule has 5 nitrogen and oxygen atoms in total. The Morgan fingerprint density at radius 1 is 1.26 bits per heavy atom. The van der Waals surface area contributed by atoms with Crippen molar-refractivity contribution in [1.29, 1.82) is 0 Å². The van der Waals surface area contributed by atoms with Gasteiger partial charge in [0.05, 0.1) is 19.2 Å². The maximum absolute atomic E-state index is 13.1. The smallest absolute Gasteiger partial charge is 0.231 e. The van der Waals surface area contributed by atoms with Crippen molar-refractivity contribution in [3.05, 3.63) is 52.0 Å². The summed E-state index contributed by atoms with van der Waals surface area (Å²) in [6.07, 6.45) is 1.90. The lowest BCUT2D eigenvalue weighted by Crippen LogP contribution is -2.37. The van der Waals surface area contributed by atoms with E-state index in [1.54, 1.807) is 19.2 Å². The molecule has 0 radical (unpaired) electrons. The van der Waals surface area contributed by atoms with Gasteiger partial charge in [0.1, 0.15) is 5.75 Å². The highest BCUT2D eigenvalue weighted by molar-refractivity contribution is 6.31. The van der Waals surface area contributed by atoms with E-state index in [1.807, 2.05) is 30.0 Å². The molecule has 1 aliphatic rings. The number of methoxy groups -OCH3 is 1. The van der Waals surface area contributed by atoms with Gasteiger partial charge < -0.3 is 15.0 Å². The Morgan fingerprint density at radius 2 is 2.04 bits per heavy atom. The van der Waals surface area contributed by atoms with E-state index < -0.39 is 0 Å². The number of anilines is 2.